The Morgan fingerprint density at radius 2 is 1.33 bits per heavy atom. The number of carbonyl (C=O) groups excluding carboxylic acids is 2. The fourth-order valence-electron chi connectivity index (χ4n) is 5.12. The van der Waals surface area contributed by atoms with E-state index in [0.717, 1.165) is 47.1 Å². The maximum Gasteiger partial charge on any atom is 0.416 e. The molecular formula is C35H44F3NO4. The Balaban J connectivity index is 1.66. The molecule has 234 valence electrons. The average Bonchev–Trinajstić information content (AvgIpc) is 3.00. The molecule has 5 nitrogen and oxygen atoms in total. The van der Waals surface area contributed by atoms with Gasteiger partial charge in [0.25, 0.3) is 0 Å². The summed E-state index contributed by atoms with van der Waals surface area (Å²) >= 11 is 0. The zero-order chi connectivity index (χ0) is 31.1. The van der Waals surface area contributed by atoms with Gasteiger partial charge in [0.15, 0.2) is 0 Å². The fourth-order valence-corrected chi connectivity index (χ4v) is 5.12. The van der Waals surface area contributed by atoms with E-state index in [2.05, 4.69) is 6.92 Å². The predicted molar refractivity (Wildman–Crippen MR) is 164 cm³/mol. The first-order valence-electron chi connectivity index (χ1n) is 15.5. The third-order valence-electron chi connectivity index (χ3n) is 7.48. The van der Waals surface area contributed by atoms with Crippen molar-refractivity contribution in [3.63, 3.8) is 0 Å². The molecule has 0 aliphatic heterocycles. The van der Waals surface area contributed by atoms with Crippen LogP contribution in [0, 0.1) is 0 Å². The van der Waals surface area contributed by atoms with Crippen molar-refractivity contribution in [2.24, 2.45) is 0 Å². The number of fused-ring (bicyclic) bond motifs is 1. The quantitative estimate of drug-likeness (QED) is 0.0882. The average molecular weight is 600 g/mol. The molecule has 0 saturated heterocycles. The highest BCUT2D eigenvalue weighted by atomic mass is 19.4. The van der Waals surface area contributed by atoms with Gasteiger partial charge in [0.2, 0.25) is 0 Å². The highest BCUT2D eigenvalue weighted by Gasteiger charge is 2.30. The van der Waals surface area contributed by atoms with Crippen LogP contribution in [0.4, 0.5) is 13.2 Å². The molecule has 0 heterocycles. The topological polar surface area (TPSA) is 55.8 Å². The fraction of sp³-hybridized carbons (Fsp3) is 0.486. The number of ether oxygens (including phenoxy) is 2. The van der Waals surface area contributed by atoms with E-state index in [9.17, 15) is 22.8 Å². The Morgan fingerprint density at radius 1 is 0.721 bits per heavy atom. The third-order valence-corrected chi connectivity index (χ3v) is 7.48. The number of unbranched alkanes of at least 4 members (excludes halogenated alkanes) is 9. The zero-order valence-corrected chi connectivity index (χ0v) is 25.4. The number of rotatable bonds is 17. The molecule has 0 bridgehead atoms. The van der Waals surface area contributed by atoms with E-state index in [1.165, 1.54) is 68.4 Å². The minimum Gasteiger partial charge on any atom is -0.493 e. The van der Waals surface area contributed by atoms with Crippen LogP contribution in [0.3, 0.4) is 0 Å². The molecule has 3 aromatic carbocycles. The summed E-state index contributed by atoms with van der Waals surface area (Å²) in [7, 11) is 0. The molecule has 0 fully saturated rings. The maximum atomic E-state index is 13.0. The molecule has 0 aliphatic rings. The normalized spacial score (nSPS) is 11.5. The summed E-state index contributed by atoms with van der Waals surface area (Å²) in [4.78, 5) is 26.7. The largest absolute Gasteiger partial charge is 0.493 e. The molecule has 0 spiro atoms. The van der Waals surface area contributed by atoms with Crippen molar-refractivity contribution in [3.05, 3.63) is 77.4 Å². The van der Waals surface area contributed by atoms with Gasteiger partial charge in [-0.1, -0.05) is 107 Å². The highest BCUT2D eigenvalue weighted by molar-refractivity contribution is 6.32. The smallest absolute Gasteiger partial charge is 0.416 e. The molecule has 0 aliphatic carbocycles. The van der Waals surface area contributed by atoms with Gasteiger partial charge in [0.1, 0.15) is 5.75 Å². The Kier molecular flexibility index (Phi) is 13.8. The minimum absolute atomic E-state index is 0.0344. The van der Waals surface area contributed by atoms with Crippen LogP contribution in [-0.4, -0.2) is 30.0 Å². The summed E-state index contributed by atoms with van der Waals surface area (Å²) in [5.74, 6) is -1.11. The summed E-state index contributed by atoms with van der Waals surface area (Å²) in [5.41, 5.74) is 0.469. The van der Waals surface area contributed by atoms with E-state index in [4.69, 9.17) is 9.47 Å². The zero-order valence-electron chi connectivity index (χ0n) is 25.4. The van der Waals surface area contributed by atoms with E-state index >= 15 is 0 Å². The second-order valence-electron chi connectivity index (χ2n) is 10.9. The third kappa shape index (κ3) is 10.9. The molecule has 0 aromatic heterocycles. The number of alkyl halides is 3. The van der Waals surface area contributed by atoms with Crippen LogP contribution in [0.2, 0.25) is 0 Å². The Hall–Kier alpha value is -3.55. The lowest BCUT2D eigenvalue weighted by Gasteiger charge is -2.23. The molecule has 8 heteroatoms. The molecule has 43 heavy (non-hydrogen) atoms. The van der Waals surface area contributed by atoms with Gasteiger partial charge >= 0.3 is 18.1 Å². The predicted octanol–water partition coefficient (Wildman–Crippen LogP) is 9.25. The lowest BCUT2D eigenvalue weighted by Crippen LogP contribution is -2.36. The van der Waals surface area contributed by atoms with Crippen molar-refractivity contribution in [2.45, 2.75) is 97.3 Å². The lowest BCUT2D eigenvalue weighted by molar-refractivity contribution is -0.160. The SMILES string of the molecule is CCCCCCCCCCCCOc1ccc(CN(Cc2ccc(C(F)(F)F)cc2)C(=O)C(=O)OCC)c2ccccc12. The van der Waals surface area contributed by atoms with E-state index in [0.29, 0.717) is 12.2 Å². The summed E-state index contributed by atoms with van der Waals surface area (Å²) in [6.45, 7) is 4.50. The molecule has 0 atom stereocenters. The van der Waals surface area contributed by atoms with E-state index in [1.807, 2.05) is 36.4 Å². The molecular weight excluding hydrogens is 555 g/mol. The second kappa shape index (κ2) is 17.5. The number of hydrogen-bond acceptors (Lipinski definition) is 4. The lowest BCUT2D eigenvalue weighted by atomic mass is 10.0. The Bertz CT molecular complexity index is 1290. The van der Waals surface area contributed by atoms with Crippen LogP contribution >= 0.6 is 0 Å². The van der Waals surface area contributed by atoms with Gasteiger partial charge in [-0.3, -0.25) is 4.79 Å². The van der Waals surface area contributed by atoms with Crippen LogP contribution in [-0.2, 0) is 33.6 Å². The van der Waals surface area contributed by atoms with Gasteiger partial charge in [-0.15, -0.1) is 0 Å². The van der Waals surface area contributed by atoms with Crippen molar-refractivity contribution in [1.82, 2.24) is 4.90 Å². The van der Waals surface area contributed by atoms with Crippen LogP contribution in [0.25, 0.3) is 10.8 Å². The molecule has 3 rings (SSSR count). The van der Waals surface area contributed by atoms with Crippen LogP contribution in [0.5, 0.6) is 5.75 Å². The van der Waals surface area contributed by atoms with Crippen molar-refractivity contribution in [1.29, 1.82) is 0 Å². The number of halogens is 3. The van der Waals surface area contributed by atoms with E-state index < -0.39 is 23.6 Å². The number of benzene rings is 3. The molecule has 0 unspecified atom stereocenters. The van der Waals surface area contributed by atoms with E-state index in [-0.39, 0.29) is 19.7 Å². The van der Waals surface area contributed by atoms with Crippen molar-refractivity contribution in [2.75, 3.05) is 13.2 Å². The minimum atomic E-state index is -4.46. The number of carbonyl (C=O) groups is 2. The molecule has 1 amide bonds. The van der Waals surface area contributed by atoms with Crippen LogP contribution in [0.15, 0.2) is 60.7 Å². The van der Waals surface area contributed by atoms with Gasteiger partial charge in [0, 0.05) is 18.5 Å². The number of amides is 1. The Labute approximate surface area is 253 Å². The van der Waals surface area contributed by atoms with E-state index in [1.54, 1.807) is 6.92 Å². The number of esters is 1. The summed E-state index contributed by atoms with van der Waals surface area (Å²) in [6.07, 6.45) is 8.01. The first-order valence-corrected chi connectivity index (χ1v) is 15.5. The van der Waals surface area contributed by atoms with Gasteiger partial charge in [-0.25, -0.2) is 4.79 Å². The second-order valence-corrected chi connectivity index (χ2v) is 10.9. The van der Waals surface area contributed by atoms with Gasteiger partial charge in [0.05, 0.1) is 18.8 Å². The summed E-state index contributed by atoms with van der Waals surface area (Å²) < 4.78 is 50.2. The van der Waals surface area contributed by atoms with Crippen molar-refractivity contribution in [3.8, 4) is 5.75 Å². The molecule has 0 N–H and O–H groups in total. The standard InChI is InChI=1S/C35H44F3NO4/c1-3-5-6-7-8-9-10-11-12-15-24-43-32-23-20-28(30-16-13-14-17-31(30)32)26-39(33(40)34(41)42-4-2)25-27-18-21-29(22-19-27)35(36,37)38/h13-14,16-23H,3-12,15,24-26H2,1-2H3. The van der Waals surface area contributed by atoms with Crippen molar-refractivity contribution >= 4 is 22.6 Å². The van der Waals surface area contributed by atoms with Gasteiger partial charge < -0.3 is 14.4 Å². The monoisotopic (exact) mass is 599 g/mol. The molecule has 3 aromatic rings. The molecule has 0 saturated carbocycles. The van der Waals surface area contributed by atoms with Crippen LogP contribution < -0.4 is 4.74 Å². The summed E-state index contributed by atoms with van der Waals surface area (Å²) in [6, 6.07) is 16.0. The first kappa shape index (κ1) is 33.9. The van der Waals surface area contributed by atoms with Gasteiger partial charge in [-0.2, -0.15) is 13.2 Å². The molecule has 0 radical (unpaired) electrons. The summed E-state index contributed by atoms with van der Waals surface area (Å²) in [5, 5.41) is 1.77. The number of nitrogens with zero attached hydrogens (tertiary/aromatic N) is 1. The maximum absolute atomic E-state index is 13.0. The van der Waals surface area contributed by atoms with Crippen LogP contribution in [0.1, 0.15) is 94.7 Å². The Morgan fingerprint density at radius 3 is 1.93 bits per heavy atom. The van der Waals surface area contributed by atoms with Crippen molar-refractivity contribution < 1.29 is 32.2 Å². The number of hydrogen-bond donors (Lipinski definition) is 0. The first-order chi connectivity index (χ1) is 20.7. The highest BCUT2D eigenvalue weighted by Crippen LogP contribution is 2.31. The van der Waals surface area contributed by atoms with Gasteiger partial charge in [-0.05, 0) is 48.1 Å².